The van der Waals surface area contributed by atoms with Gasteiger partial charge in [0.15, 0.2) is 17.5 Å². The van der Waals surface area contributed by atoms with Crippen molar-refractivity contribution in [2.75, 3.05) is 11.7 Å². The second-order valence-corrected chi connectivity index (χ2v) is 9.38. The van der Waals surface area contributed by atoms with Crippen molar-refractivity contribution in [2.24, 2.45) is 0 Å². The molecule has 0 spiro atoms. The largest absolute Gasteiger partial charge is 0.464 e. The molecule has 1 N–H and O–H groups in total. The predicted molar refractivity (Wildman–Crippen MR) is 134 cm³/mol. The summed E-state index contributed by atoms with van der Waals surface area (Å²) in [5.41, 5.74) is 1.89. The standard InChI is InChI=1S/C27H27N5O5/c1-17-10-12-23(37-17)26(27(34)28-18-6-2-3-7-18)32(19-11-13-22-24(14-19)36-16-35-22)25(33)15-31-21-9-5-4-8-20(21)29-30-31/h4-5,8-14,18,26H,2-3,6-7,15-16H2,1H3,(H,28,34)/t26-/m1/s1. The number of rotatable bonds is 7. The van der Waals surface area contributed by atoms with Crippen molar-refractivity contribution in [3.8, 4) is 11.5 Å². The van der Waals surface area contributed by atoms with Gasteiger partial charge in [-0.25, -0.2) is 4.68 Å². The molecule has 0 bridgehead atoms. The van der Waals surface area contributed by atoms with E-state index in [0.29, 0.717) is 34.2 Å². The van der Waals surface area contributed by atoms with Crippen LogP contribution in [0.4, 0.5) is 5.69 Å². The summed E-state index contributed by atoms with van der Waals surface area (Å²) >= 11 is 0. The number of nitrogens with one attached hydrogen (secondary N) is 1. The lowest BCUT2D eigenvalue weighted by atomic mass is 10.1. The number of aryl methyl sites for hydroxylation is 1. The van der Waals surface area contributed by atoms with Gasteiger partial charge in [0.1, 0.15) is 23.6 Å². The molecular formula is C27H27N5O5. The van der Waals surface area contributed by atoms with Crippen LogP contribution in [0.3, 0.4) is 0 Å². The summed E-state index contributed by atoms with van der Waals surface area (Å²) in [5, 5.41) is 11.5. The first-order valence-electron chi connectivity index (χ1n) is 12.4. The zero-order valence-electron chi connectivity index (χ0n) is 20.4. The van der Waals surface area contributed by atoms with E-state index in [2.05, 4.69) is 15.6 Å². The molecule has 1 aliphatic carbocycles. The molecule has 2 aromatic carbocycles. The summed E-state index contributed by atoms with van der Waals surface area (Å²) < 4.78 is 18.5. The van der Waals surface area contributed by atoms with Gasteiger partial charge in [-0.2, -0.15) is 0 Å². The minimum atomic E-state index is -1.03. The molecule has 4 aromatic rings. The maximum atomic E-state index is 14.1. The normalized spacial score (nSPS) is 15.7. The number of amides is 2. The van der Waals surface area contributed by atoms with Crippen LogP contribution in [0.5, 0.6) is 11.5 Å². The third-order valence-electron chi connectivity index (χ3n) is 6.85. The Morgan fingerprint density at radius 2 is 1.89 bits per heavy atom. The SMILES string of the molecule is Cc1ccc([C@H](C(=O)NC2CCCC2)N(C(=O)Cn2nnc3ccccc32)c2ccc3c(c2)OCO3)o1. The topological polar surface area (TPSA) is 112 Å². The van der Waals surface area contributed by atoms with Gasteiger partial charge in [-0.15, -0.1) is 5.10 Å². The molecular weight excluding hydrogens is 474 g/mol. The number of furan rings is 1. The van der Waals surface area contributed by atoms with Crippen molar-refractivity contribution in [2.45, 2.75) is 51.2 Å². The fourth-order valence-corrected chi connectivity index (χ4v) is 5.03. The van der Waals surface area contributed by atoms with E-state index in [4.69, 9.17) is 13.9 Å². The first-order valence-corrected chi connectivity index (χ1v) is 12.4. The molecule has 3 heterocycles. The lowest BCUT2D eigenvalue weighted by Crippen LogP contribution is -2.47. The number of nitrogens with zero attached hydrogens (tertiary/aromatic N) is 4. The van der Waals surface area contributed by atoms with E-state index >= 15 is 0 Å². The van der Waals surface area contributed by atoms with Crippen molar-refractivity contribution >= 4 is 28.5 Å². The number of carbonyl (C=O) groups excluding carboxylic acids is 2. The molecule has 190 valence electrons. The number of ether oxygens (including phenoxy) is 2. The van der Waals surface area contributed by atoms with Gasteiger partial charge in [-0.3, -0.25) is 14.5 Å². The Morgan fingerprint density at radius 1 is 1.08 bits per heavy atom. The molecule has 1 atom stereocenters. The number of fused-ring (bicyclic) bond motifs is 2. The van der Waals surface area contributed by atoms with E-state index in [-0.39, 0.29) is 31.2 Å². The van der Waals surface area contributed by atoms with Crippen LogP contribution in [0.1, 0.15) is 43.2 Å². The van der Waals surface area contributed by atoms with Crippen molar-refractivity contribution in [1.82, 2.24) is 20.3 Å². The zero-order valence-corrected chi connectivity index (χ0v) is 20.4. The Bertz CT molecular complexity index is 1450. The second-order valence-electron chi connectivity index (χ2n) is 9.38. The monoisotopic (exact) mass is 501 g/mol. The Balaban J connectivity index is 1.42. The molecule has 0 radical (unpaired) electrons. The molecule has 2 amide bonds. The van der Waals surface area contributed by atoms with E-state index < -0.39 is 6.04 Å². The highest BCUT2D eigenvalue weighted by Gasteiger charge is 2.37. The van der Waals surface area contributed by atoms with Gasteiger partial charge < -0.3 is 19.2 Å². The highest BCUT2D eigenvalue weighted by Crippen LogP contribution is 2.38. The summed E-state index contributed by atoms with van der Waals surface area (Å²) in [5.74, 6) is 1.47. The number of hydrogen-bond acceptors (Lipinski definition) is 7. The summed E-state index contributed by atoms with van der Waals surface area (Å²) in [6, 6.07) is 15.2. The van der Waals surface area contributed by atoms with Crippen LogP contribution < -0.4 is 19.7 Å². The molecule has 0 saturated heterocycles. The smallest absolute Gasteiger partial charge is 0.251 e. The number of para-hydroxylation sites is 1. The number of aromatic nitrogens is 3. The fourth-order valence-electron chi connectivity index (χ4n) is 5.03. The number of hydrogen-bond donors (Lipinski definition) is 1. The van der Waals surface area contributed by atoms with Gasteiger partial charge >= 0.3 is 0 Å². The third kappa shape index (κ3) is 4.50. The average molecular weight is 502 g/mol. The molecule has 0 unspecified atom stereocenters. The van der Waals surface area contributed by atoms with Crippen LogP contribution in [0.15, 0.2) is 59.0 Å². The molecule has 2 aliphatic rings. The number of carbonyl (C=O) groups is 2. The molecule has 2 aromatic heterocycles. The lowest BCUT2D eigenvalue weighted by Gasteiger charge is -2.31. The third-order valence-corrected chi connectivity index (χ3v) is 6.85. The predicted octanol–water partition coefficient (Wildman–Crippen LogP) is 3.89. The zero-order chi connectivity index (χ0) is 25.4. The summed E-state index contributed by atoms with van der Waals surface area (Å²) in [7, 11) is 0. The molecule has 10 nitrogen and oxygen atoms in total. The van der Waals surface area contributed by atoms with Crippen LogP contribution in [-0.4, -0.2) is 39.6 Å². The summed E-state index contributed by atoms with van der Waals surface area (Å²) in [6.07, 6.45) is 3.97. The Hall–Kier alpha value is -4.34. The second kappa shape index (κ2) is 9.61. The first kappa shape index (κ1) is 23.1. The van der Waals surface area contributed by atoms with Crippen LogP contribution in [0.25, 0.3) is 11.0 Å². The van der Waals surface area contributed by atoms with E-state index in [1.807, 2.05) is 31.2 Å². The molecule has 1 saturated carbocycles. The van der Waals surface area contributed by atoms with Crippen molar-refractivity contribution in [3.63, 3.8) is 0 Å². The summed E-state index contributed by atoms with van der Waals surface area (Å²) in [6.45, 7) is 1.78. The van der Waals surface area contributed by atoms with E-state index in [9.17, 15) is 9.59 Å². The van der Waals surface area contributed by atoms with Gasteiger partial charge in [-0.1, -0.05) is 30.2 Å². The molecule has 1 fully saturated rings. The van der Waals surface area contributed by atoms with Crippen LogP contribution in [-0.2, 0) is 16.1 Å². The molecule has 6 rings (SSSR count). The van der Waals surface area contributed by atoms with Crippen LogP contribution in [0.2, 0.25) is 0 Å². The van der Waals surface area contributed by atoms with E-state index in [0.717, 1.165) is 31.2 Å². The van der Waals surface area contributed by atoms with E-state index in [1.54, 1.807) is 30.3 Å². The van der Waals surface area contributed by atoms with Gasteiger partial charge in [0.2, 0.25) is 12.7 Å². The minimum Gasteiger partial charge on any atom is -0.464 e. The lowest BCUT2D eigenvalue weighted by molar-refractivity contribution is -0.127. The quantitative estimate of drug-likeness (QED) is 0.409. The maximum Gasteiger partial charge on any atom is 0.251 e. The van der Waals surface area contributed by atoms with Crippen molar-refractivity contribution < 1.29 is 23.5 Å². The Labute approximate surface area is 213 Å². The summed E-state index contributed by atoms with van der Waals surface area (Å²) in [4.78, 5) is 29.3. The van der Waals surface area contributed by atoms with Crippen molar-refractivity contribution in [1.29, 1.82) is 0 Å². The highest BCUT2D eigenvalue weighted by molar-refractivity contribution is 6.01. The van der Waals surface area contributed by atoms with Gasteiger partial charge in [0.05, 0.1) is 5.52 Å². The average Bonchev–Trinajstić information content (AvgIpc) is 3.70. The van der Waals surface area contributed by atoms with Gasteiger partial charge in [0, 0.05) is 17.8 Å². The Morgan fingerprint density at radius 3 is 2.70 bits per heavy atom. The van der Waals surface area contributed by atoms with Crippen LogP contribution in [0, 0.1) is 6.92 Å². The number of anilines is 1. The number of benzene rings is 2. The molecule has 37 heavy (non-hydrogen) atoms. The fraction of sp³-hybridized carbons (Fsp3) is 0.333. The molecule has 10 heteroatoms. The Kier molecular flexibility index (Phi) is 5.99. The minimum absolute atomic E-state index is 0.0685. The van der Waals surface area contributed by atoms with Gasteiger partial charge in [-0.05, 0) is 56.2 Å². The highest BCUT2D eigenvalue weighted by atomic mass is 16.7. The van der Waals surface area contributed by atoms with Gasteiger partial charge in [0.25, 0.3) is 5.91 Å². The van der Waals surface area contributed by atoms with E-state index in [1.165, 1.54) is 9.58 Å². The van der Waals surface area contributed by atoms with Crippen LogP contribution >= 0.6 is 0 Å². The maximum absolute atomic E-state index is 14.1. The first-order chi connectivity index (χ1) is 18.1. The molecule has 1 aliphatic heterocycles. The van der Waals surface area contributed by atoms with Crippen molar-refractivity contribution in [3.05, 3.63) is 66.1 Å².